The Hall–Kier alpha value is -1.33. The predicted octanol–water partition coefficient (Wildman–Crippen LogP) is 4.97. The average molecular weight is 329 g/mol. The van der Waals surface area contributed by atoms with Gasteiger partial charge in [0.25, 0.3) is 0 Å². The normalized spacial score (nSPS) is 11.5. The van der Waals surface area contributed by atoms with E-state index in [2.05, 4.69) is 31.1 Å². The summed E-state index contributed by atoms with van der Waals surface area (Å²) in [6.07, 6.45) is 1.70. The third kappa shape index (κ3) is 5.17. The van der Waals surface area contributed by atoms with Crippen LogP contribution in [0.1, 0.15) is 25.6 Å². The molecule has 1 aromatic carbocycles. The number of halogens is 2. The molecule has 3 nitrogen and oxygen atoms in total. The molecular formula is C15H18ClFN2OS. The summed E-state index contributed by atoms with van der Waals surface area (Å²) in [6.45, 7) is 7.34. The number of ether oxygens (including phenoxy) is 1. The van der Waals surface area contributed by atoms with E-state index in [1.54, 1.807) is 12.3 Å². The zero-order valence-corrected chi connectivity index (χ0v) is 13.8. The van der Waals surface area contributed by atoms with Crippen LogP contribution in [0, 0.1) is 11.2 Å². The Balaban J connectivity index is 2.07. The third-order valence-electron chi connectivity index (χ3n) is 2.58. The van der Waals surface area contributed by atoms with Crippen LogP contribution in [0.3, 0.4) is 0 Å². The molecule has 0 bridgehead atoms. The van der Waals surface area contributed by atoms with E-state index in [0.29, 0.717) is 29.1 Å². The van der Waals surface area contributed by atoms with Gasteiger partial charge in [0.1, 0.15) is 11.6 Å². The summed E-state index contributed by atoms with van der Waals surface area (Å²) in [7, 11) is 0. The Labute approximate surface area is 133 Å². The van der Waals surface area contributed by atoms with Crippen molar-refractivity contribution in [3.05, 3.63) is 39.6 Å². The van der Waals surface area contributed by atoms with Crippen LogP contribution in [0.4, 0.5) is 10.1 Å². The van der Waals surface area contributed by atoms with Gasteiger partial charge in [0.15, 0.2) is 4.47 Å². The maximum absolute atomic E-state index is 13.4. The Morgan fingerprint density at radius 1 is 1.38 bits per heavy atom. The lowest BCUT2D eigenvalue weighted by Gasteiger charge is -2.20. The van der Waals surface area contributed by atoms with E-state index in [1.807, 2.05) is 0 Å². The van der Waals surface area contributed by atoms with Gasteiger partial charge in [0.2, 0.25) is 0 Å². The molecule has 0 amide bonds. The smallest absolute Gasteiger partial charge is 0.183 e. The van der Waals surface area contributed by atoms with Crippen LogP contribution in [0.2, 0.25) is 4.47 Å². The lowest BCUT2D eigenvalue weighted by molar-refractivity contribution is 0.198. The standard InChI is InChI=1S/C15H18ClFN2OS/c1-15(2,3)9-20-13-5-4-10(17)6-12(13)18-7-11-8-19-14(16)21-11/h4-6,8,18H,7,9H2,1-3H3. The van der Waals surface area contributed by atoms with E-state index in [4.69, 9.17) is 16.3 Å². The molecule has 1 heterocycles. The van der Waals surface area contributed by atoms with Crippen LogP contribution in [-0.2, 0) is 6.54 Å². The van der Waals surface area contributed by atoms with Crippen molar-refractivity contribution in [2.24, 2.45) is 5.41 Å². The second-order valence-electron chi connectivity index (χ2n) is 5.92. The summed E-state index contributed by atoms with van der Waals surface area (Å²) < 4.78 is 19.7. The quantitative estimate of drug-likeness (QED) is 0.841. The van der Waals surface area contributed by atoms with Crippen LogP contribution >= 0.6 is 22.9 Å². The van der Waals surface area contributed by atoms with Gasteiger partial charge >= 0.3 is 0 Å². The highest BCUT2D eigenvalue weighted by atomic mass is 35.5. The number of nitrogens with one attached hydrogen (secondary N) is 1. The molecule has 0 unspecified atom stereocenters. The molecule has 6 heteroatoms. The zero-order chi connectivity index (χ0) is 15.5. The van der Waals surface area contributed by atoms with Gasteiger partial charge in [-0.2, -0.15) is 0 Å². The molecule has 1 aromatic heterocycles. The lowest BCUT2D eigenvalue weighted by Crippen LogP contribution is -2.17. The molecule has 0 fully saturated rings. The summed E-state index contributed by atoms with van der Waals surface area (Å²) in [6, 6.07) is 4.47. The second kappa shape index (κ2) is 6.62. The number of thiazole rings is 1. The van der Waals surface area contributed by atoms with E-state index >= 15 is 0 Å². The molecule has 114 valence electrons. The molecule has 0 aliphatic heterocycles. The van der Waals surface area contributed by atoms with Gasteiger partial charge in [0.05, 0.1) is 18.8 Å². The van der Waals surface area contributed by atoms with Crippen molar-refractivity contribution in [3.8, 4) is 5.75 Å². The minimum Gasteiger partial charge on any atom is -0.491 e. The Morgan fingerprint density at radius 3 is 2.76 bits per heavy atom. The molecule has 21 heavy (non-hydrogen) atoms. The van der Waals surface area contributed by atoms with Crippen molar-refractivity contribution in [1.82, 2.24) is 4.98 Å². The van der Waals surface area contributed by atoms with Crippen LogP contribution in [-0.4, -0.2) is 11.6 Å². The van der Waals surface area contributed by atoms with E-state index in [-0.39, 0.29) is 11.2 Å². The number of rotatable bonds is 5. The van der Waals surface area contributed by atoms with Crippen molar-refractivity contribution in [1.29, 1.82) is 0 Å². The van der Waals surface area contributed by atoms with Gasteiger partial charge in [-0.15, -0.1) is 11.3 Å². The van der Waals surface area contributed by atoms with Gasteiger partial charge in [0, 0.05) is 17.1 Å². The molecule has 0 spiro atoms. The van der Waals surface area contributed by atoms with Crippen LogP contribution < -0.4 is 10.1 Å². The van der Waals surface area contributed by atoms with Gasteiger partial charge in [-0.3, -0.25) is 0 Å². The van der Waals surface area contributed by atoms with Crippen molar-refractivity contribution in [3.63, 3.8) is 0 Å². The Bertz CT molecular complexity index is 610. The van der Waals surface area contributed by atoms with E-state index in [9.17, 15) is 4.39 Å². The van der Waals surface area contributed by atoms with Gasteiger partial charge in [-0.05, 0) is 17.5 Å². The fourth-order valence-electron chi connectivity index (χ4n) is 1.61. The first-order chi connectivity index (χ1) is 9.83. The van der Waals surface area contributed by atoms with Crippen molar-refractivity contribution < 1.29 is 9.13 Å². The fraction of sp³-hybridized carbons (Fsp3) is 0.400. The first-order valence-corrected chi connectivity index (χ1v) is 7.79. The van der Waals surface area contributed by atoms with E-state index < -0.39 is 0 Å². The van der Waals surface area contributed by atoms with Crippen LogP contribution in [0.25, 0.3) is 0 Å². The molecule has 0 radical (unpaired) electrons. The summed E-state index contributed by atoms with van der Waals surface area (Å²) in [4.78, 5) is 4.95. The summed E-state index contributed by atoms with van der Waals surface area (Å²) >= 11 is 7.19. The average Bonchev–Trinajstić information content (AvgIpc) is 2.80. The molecule has 0 aliphatic rings. The number of hydrogen-bond acceptors (Lipinski definition) is 4. The molecule has 0 aliphatic carbocycles. The summed E-state index contributed by atoms with van der Waals surface area (Å²) in [5, 5.41) is 3.17. The van der Waals surface area contributed by atoms with Gasteiger partial charge in [-0.1, -0.05) is 32.4 Å². The topological polar surface area (TPSA) is 34.1 Å². The van der Waals surface area contributed by atoms with Crippen LogP contribution in [0.5, 0.6) is 5.75 Å². The molecular weight excluding hydrogens is 311 g/mol. The second-order valence-corrected chi connectivity index (χ2v) is 7.62. The first kappa shape index (κ1) is 16.0. The molecule has 2 rings (SSSR count). The highest BCUT2D eigenvalue weighted by Crippen LogP contribution is 2.28. The maximum atomic E-state index is 13.4. The predicted molar refractivity (Wildman–Crippen MR) is 85.8 cm³/mol. The SMILES string of the molecule is CC(C)(C)COc1ccc(F)cc1NCc1cnc(Cl)s1. The largest absolute Gasteiger partial charge is 0.491 e. The minimum atomic E-state index is -0.303. The van der Waals surface area contributed by atoms with Crippen molar-refractivity contribution >= 4 is 28.6 Å². The van der Waals surface area contributed by atoms with Crippen molar-refractivity contribution in [2.45, 2.75) is 27.3 Å². The monoisotopic (exact) mass is 328 g/mol. The Morgan fingerprint density at radius 2 is 2.14 bits per heavy atom. The maximum Gasteiger partial charge on any atom is 0.183 e. The summed E-state index contributed by atoms with van der Waals surface area (Å²) in [5.74, 6) is 0.338. The molecule has 1 N–H and O–H groups in total. The number of aromatic nitrogens is 1. The number of anilines is 1. The number of benzene rings is 1. The minimum absolute atomic E-state index is 0.0385. The van der Waals surface area contributed by atoms with Gasteiger partial charge in [-0.25, -0.2) is 9.37 Å². The highest BCUT2D eigenvalue weighted by Gasteiger charge is 2.13. The van der Waals surface area contributed by atoms with E-state index in [0.717, 1.165) is 4.88 Å². The molecule has 2 aromatic rings. The zero-order valence-electron chi connectivity index (χ0n) is 12.2. The first-order valence-electron chi connectivity index (χ1n) is 6.60. The van der Waals surface area contributed by atoms with Crippen LogP contribution in [0.15, 0.2) is 24.4 Å². The fourth-order valence-corrected chi connectivity index (χ4v) is 2.53. The number of nitrogens with zero attached hydrogens (tertiary/aromatic N) is 1. The molecule has 0 saturated carbocycles. The summed E-state index contributed by atoms with van der Waals surface area (Å²) in [5.41, 5.74) is 0.667. The third-order valence-corrected chi connectivity index (χ3v) is 3.70. The molecule has 0 atom stereocenters. The number of hydrogen-bond donors (Lipinski definition) is 1. The Kier molecular flexibility index (Phi) is 5.06. The van der Waals surface area contributed by atoms with Crippen molar-refractivity contribution in [2.75, 3.05) is 11.9 Å². The highest BCUT2D eigenvalue weighted by molar-refractivity contribution is 7.15. The van der Waals surface area contributed by atoms with E-state index in [1.165, 1.54) is 23.5 Å². The van der Waals surface area contributed by atoms with Gasteiger partial charge < -0.3 is 10.1 Å². The lowest BCUT2D eigenvalue weighted by atomic mass is 9.99. The molecule has 0 saturated heterocycles.